The van der Waals surface area contributed by atoms with Gasteiger partial charge in [0.1, 0.15) is 16.9 Å². The third kappa shape index (κ3) is 4.02. The van der Waals surface area contributed by atoms with Crippen LogP contribution in [-0.2, 0) is 0 Å². The van der Waals surface area contributed by atoms with Gasteiger partial charge in [-0.15, -0.1) is 0 Å². The highest BCUT2D eigenvalue weighted by Gasteiger charge is 2.22. The van der Waals surface area contributed by atoms with Crippen molar-refractivity contribution in [2.75, 3.05) is 0 Å². The fourth-order valence-corrected chi connectivity index (χ4v) is 8.56. The zero-order valence-corrected chi connectivity index (χ0v) is 28.4. The van der Waals surface area contributed by atoms with Crippen molar-refractivity contribution in [3.05, 3.63) is 170 Å². The summed E-state index contributed by atoms with van der Waals surface area (Å²) >= 11 is 0. The van der Waals surface area contributed by atoms with Crippen LogP contribution in [0.2, 0.25) is 0 Å². The van der Waals surface area contributed by atoms with E-state index in [4.69, 9.17) is 14.4 Å². The Kier molecular flexibility index (Phi) is 5.71. The van der Waals surface area contributed by atoms with Gasteiger partial charge in [-0.25, -0.2) is 9.97 Å². The van der Waals surface area contributed by atoms with Crippen molar-refractivity contribution in [1.82, 2.24) is 19.1 Å². The van der Waals surface area contributed by atoms with E-state index in [1.165, 1.54) is 38.0 Å². The predicted molar refractivity (Wildman–Crippen MR) is 218 cm³/mol. The van der Waals surface area contributed by atoms with E-state index in [9.17, 15) is 0 Å². The molecule has 0 aliphatic carbocycles. The smallest absolute Gasteiger partial charge is 0.165 e. The molecule has 4 heterocycles. The number of hydrogen-bond donors (Lipinski definition) is 0. The van der Waals surface area contributed by atoms with Crippen LogP contribution in [0.3, 0.4) is 0 Å². The zero-order valence-electron chi connectivity index (χ0n) is 28.4. The van der Waals surface area contributed by atoms with Crippen LogP contribution in [0.1, 0.15) is 0 Å². The highest BCUT2D eigenvalue weighted by atomic mass is 16.3. The van der Waals surface area contributed by atoms with Gasteiger partial charge in [-0.05, 0) is 77.5 Å². The van der Waals surface area contributed by atoms with Crippen molar-refractivity contribution in [2.45, 2.75) is 0 Å². The van der Waals surface area contributed by atoms with E-state index in [2.05, 4.69) is 143 Å². The minimum absolute atomic E-state index is 0.777. The summed E-state index contributed by atoms with van der Waals surface area (Å²) in [5.74, 6) is 0.777. The van der Waals surface area contributed by atoms with E-state index in [1.807, 2.05) is 36.4 Å². The Morgan fingerprint density at radius 3 is 1.83 bits per heavy atom. The number of aromatic nitrogens is 4. The van der Waals surface area contributed by atoms with Crippen LogP contribution in [-0.4, -0.2) is 19.1 Å². The number of hydrogen-bond acceptors (Lipinski definition) is 3. The van der Waals surface area contributed by atoms with E-state index >= 15 is 0 Å². The highest BCUT2D eigenvalue weighted by molar-refractivity contribution is 6.22. The van der Waals surface area contributed by atoms with Crippen molar-refractivity contribution in [3.63, 3.8) is 0 Å². The molecule has 0 aliphatic rings. The molecule has 53 heavy (non-hydrogen) atoms. The molecule has 8 aromatic carbocycles. The summed E-state index contributed by atoms with van der Waals surface area (Å²) in [6, 6.07) is 60.1. The van der Waals surface area contributed by atoms with Gasteiger partial charge in [0.15, 0.2) is 5.82 Å². The molecule has 0 amide bonds. The second kappa shape index (κ2) is 10.6. The fourth-order valence-electron chi connectivity index (χ4n) is 8.56. The molecule has 0 bridgehead atoms. The summed E-state index contributed by atoms with van der Waals surface area (Å²) in [7, 11) is 0. The number of benzene rings is 8. The maximum absolute atomic E-state index is 6.37. The van der Waals surface area contributed by atoms with Crippen molar-refractivity contribution in [1.29, 1.82) is 0 Å². The van der Waals surface area contributed by atoms with Crippen molar-refractivity contribution >= 4 is 87.4 Å². The van der Waals surface area contributed by atoms with Crippen LogP contribution in [0.4, 0.5) is 0 Å². The van der Waals surface area contributed by atoms with Gasteiger partial charge in [0.2, 0.25) is 0 Å². The average Bonchev–Trinajstić information content (AvgIpc) is 3.87. The molecule has 0 spiro atoms. The molecular weight excluding hydrogens is 649 g/mol. The molecule has 0 saturated heterocycles. The van der Waals surface area contributed by atoms with Gasteiger partial charge in [-0.3, -0.25) is 4.57 Å². The van der Waals surface area contributed by atoms with Crippen molar-refractivity contribution in [3.8, 4) is 22.8 Å². The van der Waals surface area contributed by atoms with Crippen molar-refractivity contribution in [2.24, 2.45) is 0 Å². The zero-order chi connectivity index (χ0) is 34.6. The predicted octanol–water partition coefficient (Wildman–Crippen LogP) is 12.5. The summed E-state index contributed by atoms with van der Waals surface area (Å²) in [6.07, 6.45) is 0. The van der Waals surface area contributed by atoms with Crippen LogP contribution in [0.15, 0.2) is 174 Å². The van der Waals surface area contributed by atoms with Gasteiger partial charge < -0.3 is 8.98 Å². The monoisotopic (exact) mass is 676 g/mol. The lowest BCUT2D eigenvalue weighted by Gasteiger charge is -2.14. The number of nitrogens with zero attached hydrogens (tertiary/aromatic N) is 4. The summed E-state index contributed by atoms with van der Waals surface area (Å²) in [4.78, 5) is 10.8. The molecule has 5 heteroatoms. The Bertz CT molecular complexity index is 3420. The molecule has 0 fully saturated rings. The third-order valence-corrected chi connectivity index (χ3v) is 10.9. The second-order valence-corrected chi connectivity index (χ2v) is 13.8. The average molecular weight is 677 g/mol. The van der Waals surface area contributed by atoms with Crippen molar-refractivity contribution < 1.29 is 4.42 Å². The lowest BCUT2D eigenvalue weighted by molar-refractivity contribution is 0.669. The summed E-state index contributed by atoms with van der Waals surface area (Å²) in [5, 5.41) is 9.42. The topological polar surface area (TPSA) is 48.8 Å². The largest absolute Gasteiger partial charge is 0.456 e. The van der Waals surface area contributed by atoms with E-state index < -0.39 is 0 Å². The molecule has 0 unspecified atom stereocenters. The van der Waals surface area contributed by atoms with Crippen LogP contribution in [0.5, 0.6) is 0 Å². The van der Waals surface area contributed by atoms with Crippen LogP contribution < -0.4 is 0 Å². The Hall–Kier alpha value is -7.24. The van der Waals surface area contributed by atoms with E-state index in [-0.39, 0.29) is 0 Å². The second-order valence-electron chi connectivity index (χ2n) is 13.8. The molecule has 12 rings (SSSR count). The van der Waals surface area contributed by atoms with Gasteiger partial charge in [0.25, 0.3) is 0 Å². The molecule has 0 aliphatic heterocycles. The molecular formula is C48H28N4O. The van der Waals surface area contributed by atoms with E-state index in [0.717, 1.165) is 72.2 Å². The Labute approximate surface area is 302 Å². The summed E-state index contributed by atoms with van der Waals surface area (Å²) in [6.45, 7) is 0. The van der Waals surface area contributed by atoms with E-state index in [1.54, 1.807) is 0 Å². The molecule has 246 valence electrons. The quantitative estimate of drug-likeness (QED) is 0.187. The minimum atomic E-state index is 0.777. The number of rotatable bonds is 3. The third-order valence-electron chi connectivity index (χ3n) is 10.9. The summed E-state index contributed by atoms with van der Waals surface area (Å²) < 4.78 is 11.1. The fraction of sp³-hybridized carbons (Fsp3) is 0. The first-order valence-electron chi connectivity index (χ1n) is 17.9. The molecule has 0 radical (unpaired) electrons. The number of furan rings is 1. The maximum atomic E-state index is 6.37. The first kappa shape index (κ1) is 28.5. The van der Waals surface area contributed by atoms with E-state index in [0.29, 0.717) is 0 Å². The molecule has 5 nitrogen and oxygen atoms in total. The minimum Gasteiger partial charge on any atom is -0.456 e. The molecule has 0 N–H and O–H groups in total. The molecule has 12 aromatic rings. The number of para-hydroxylation sites is 5. The number of fused-ring (bicyclic) bond motifs is 12. The first-order chi connectivity index (χ1) is 26.3. The van der Waals surface area contributed by atoms with Gasteiger partial charge >= 0.3 is 0 Å². The van der Waals surface area contributed by atoms with Gasteiger partial charge in [0, 0.05) is 43.6 Å². The lowest BCUT2D eigenvalue weighted by Crippen LogP contribution is -2.04. The molecule has 0 atom stereocenters. The molecule has 0 saturated carbocycles. The van der Waals surface area contributed by atoms with Gasteiger partial charge in [-0.1, -0.05) is 103 Å². The van der Waals surface area contributed by atoms with Crippen LogP contribution >= 0.6 is 0 Å². The van der Waals surface area contributed by atoms with Crippen LogP contribution in [0, 0.1) is 0 Å². The standard InChI is InChI=1S/C48H28N4O/c1-2-12-32-29(11-1)22-25-43-46(32)37-28-31(51-40-18-8-3-13-33(40)34-14-4-9-19-41(34)51)23-26-42(37)52(43)48-47(49-38-16-6-7-17-39(38)50-48)30-21-24-36-35-15-5-10-20-44(35)53-45(36)27-30/h1-28H. The molecule has 4 aromatic heterocycles. The maximum Gasteiger partial charge on any atom is 0.165 e. The lowest BCUT2D eigenvalue weighted by atomic mass is 10.0. The first-order valence-corrected chi connectivity index (χ1v) is 17.9. The van der Waals surface area contributed by atoms with Crippen LogP contribution in [0.25, 0.3) is 110 Å². The van der Waals surface area contributed by atoms with Gasteiger partial charge in [-0.2, -0.15) is 0 Å². The SMILES string of the molecule is c1ccc2c(c1)ccc1c2c2cc(-n3c4ccccc4c4ccccc43)ccc2n1-c1nc2ccccc2nc1-c1ccc2c(c1)oc1ccccc12. The summed E-state index contributed by atoms with van der Waals surface area (Å²) in [5.41, 5.74) is 10.8. The van der Waals surface area contributed by atoms with Gasteiger partial charge in [0.05, 0.1) is 33.1 Å². The highest BCUT2D eigenvalue weighted by Crippen LogP contribution is 2.42. The Balaban J connectivity index is 1.19. The Morgan fingerprint density at radius 1 is 0.396 bits per heavy atom. The Morgan fingerprint density at radius 2 is 1.02 bits per heavy atom. The normalized spacial score (nSPS) is 12.2.